The van der Waals surface area contributed by atoms with Crippen molar-refractivity contribution in [3.8, 4) is 0 Å². The number of halogens is 1. The van der Waals surface area contributed by atoms with Gasteiger partial charge in [0.2, 0.25) is 0 Å². The Hall–Kier alpha value is -0.890. The van der Waals surface area contributed by atoms with Gasteiger partial charge in [-0.1, -0.05) is 32.9 Å². The molecule has 1 nitrogen and oxygen atoms in total. The second-order valence-electron chi connectivity index (χ2n) is 4.40. The third-order valence-electron chi connectivity index (χ3n) is 2.16. The topological polar surface area (TPSA) is 26.0 Å². The maximum atomic E-state index is 12.6. The lowest BCUT2D eigenvalue weighted by Crippen LogP contribution is -2.26. The van der Waals surface area contributed by atoms with Crippen LogP contribution in [0.15, 0.2) is 24.3 Å². The van der Waals surface area contributed by atoms with Crippen molar-refractivity contribution < 1.29 is 4.39 Å². The van der Waals surface area contributed by atoms with Gasteiger partial charge < -0.3 is 5.73 Å². The standard InChI is InChI=1S/C11H16FN/c1-11(2,3)10(13)8-4-6-9(12)7-5-8/h4-7,10H,13H2,1-3H3/t10-/m0/s1. The molecule has 0 aliphatic rings. The number of benzene rings is 1. The second-order valence-corrected chi connectivity index (χ2v) is 4.40. The summed E-state index contributed by atoms with van der Waals surface area (Å²) in [6.45, 7) is 6.21. The van der Waals surface area contributed by atoms with E-state index in [2.05, 4.69) is 20.8 Å². The Morgan fingerprint density at radius 1 is 1.15 bits per heavy atom. The maximum Gasteiger partial charge on any atom is 0.123 e. The molecule has 0 aliphatic heterocycles. The largest absolute Gasteiger partial charge is 0.324 e. The van der Waals surface area contributed by atoms with Crippen LogP contribution < -0.4 is 5.73 Å². The van der Waals surface area contributed by atoms with Crippen LogP contribution in [0.5, 0.6) is 0 Å². The first-order valence-electron chi connectivity index (χ1n) is 4.42. The molecular formula is C11H16FN. The first kappa shape index (κ1) is 10.2. The Labute approximate surface area is 78.8 Å². The average Bonchev–Trinajstić information content (AvgIpc) is 2.03. The summed E-state index contributed by atoms with van der Waals surface area (Å²) in [6, 6.07) is 6.33. The smallest absolute Gasteiger partial charge is 0.123 e. The fourth-order valence-electron chi connectivity index (χ4n) is 1.17. The molecule has 72 valence electrons. The summed E-state index contributed by atoms with van der Waals surface area (Å²) in [7, 11) is 0. The molecule has 0 saturated heterocycles. The summed E-state index contributed by atoms with van der Waals surface area (Å²) in [4.78, 5) is 0. The van der Waals surface area contributed by atoms with Gasteiger partial charge in [-0.15, -0.1) is 0 Å². The molecule has 0 fully saturated rings. The van der Waals surface area contributed by atoms with Gasteiger partial charge in [0, 0.05) is 6.04 Å². The average molecular weight is 181 g/mol. The summed E-state index contributed by atoms with van der Waals surface area (Å²) in [5, 5.41) is 0. The Balaban J connectivity index is 2.90. The van der Waals surface area contributed by atoms with E-state index < -0.39 is 0 Å². The maximum absolute atomic E-state index is 12.6. The molecule has 0 amide bonds. The van der Waals surface area contributed by atoms with Crippen LogP contribution in [0, 0.1) is 11.2 Å². The van der Waals surface area contributed by atoms with Crippen LogP contribution in [0.1, 0.15) is 32.4 Å². The van der Waals surface area contributed by atoms with E-state index >= 15 is 0 Å². The molecule has 1 rings (SSSR count). The zero-order chi connectivity index (χ0) is 10.1. The zero-order valence-corrected chi connectivity index (χ0v) is 8.34. The highest BCUT2D eigenvalue weighted by atomic mass is 19.1. The van der Waals surface area contributed by atoms with E-state index in [0.29, 0.717) is 0 Å². The molecule has 0 aromatic heterocycles. The molecular weight excluding hydrogens is 165 g/mol. The normalized spacial score (nSPS) is 14.2. The van der Waals surface area contributed by atoms with Crippen LogP contribution >= 0.6 is 0 Å². The van der Waals surface area contributed by atoms with Crippen LogP contribution in [0.3, 0.4) is 0 Å². The van der Waals surface area contributed by atoms with Crippen LogP contribution in [0.25, 0.3) is 0 Å². The summed E-state index contributed by atoms with van der Waals surface area (Å²) < 4.78 is 12.6. The number of nitrogens with two attached hydrogens (primary N) is 1. The predicted molar refractivity (Wildman–Crippen MR) is 52.8 cm³/mol. The van der Waals surface area contributed by atoms with E-state index in [1.807, 2.05) is 0 Å². The Bertz CT molecular complexity index is 271. The Kier molecular flexibility index (Phi) is 2.71. The third-order valence-corrected chi connectivity index (χ3v) is 2.16. The van der Waals surface area contributed by atoms with E-state index in [-0.39, 0.29) is 17.3 Å². The van der Waals surface area contributed by atoms with Crippen molar-refractivity contribution in [2.75, 3.05) is 0 Å². The SMILES string of the molecule is CC(C)(C)[C@@H](N)c1ccc(F)cc1. The van der Waals surface area contributed by atoms with Gasteiger partial charge in [0.05, 0.1) is 0 Å². The van der Waals surface area contributed by atoms with Crippen molar-refractivity contribution in [1.82, 2.24) is 0 Å². The van der Waals surface area contributed by atoms with Crippen LogP contribution in [0.2, 0.25) is 0 Å². The first-order valence-corrected chi connectivity index (χ1v) is 4.42. The second kappa shape index (κ2) is 3.46. The molecule has 0 aliphatic carbocycles. The summed E-state index contributed by atoms with van der Waals surface area (Å²) in [6.07, 6.45) is 0. The molecule has 0 unspecified atom stereocenters. The summed E-state index contributed by atoms with van der Waals surface area (Å²) in [5.41, 5.74) is 6.99. The number of hydrogen-bond donors (Lipinski definition) is 1. The van der Waals surface area contributed by atoms with Crippen molar-refractivity contribution in [1.29, 1.82) is 0 Å². The van der Waals surface area contributed by atoms with Gasteiger partial charge in [0.1, 0.15) is 5.82 Å². The van der Waals surface area contributed by atoms with Gasteiger partial charge in [-0.25, -0.2) is 4.39 Å². The lowest BCUT2D eigenvalue weighted by atomic mass is 9.83. The highest BCUT2D eigenvalue weighted by Gasteiger charge is 2.21. The van der Waals surface area contributed by atoms with Gasteiger partial charge in [0.15, 0.2) is 0 Å². The Morgan fingerprint density at radius 3 is 2.00 bits per heavy atom. The third kappa shape index (κ3) is 2.52. The molecule has 0 radical (unpaired) electrons. The molecule has 2 heteroatoms. The van der Waals surface area contributed by atoms with Gasteiger partial charge in [-0.3, -0.25) is 0 Å². The molecule has 0 spiro atoms. The molecule has 13 heavy (non-hydrogen) atoms. The molecule has 2 N–H and O–H groups in total. The van der Waals surface area contributed by atoms with Gasteiger partial charge >= 0.3 is 0 Å². The van der Waals surface area contributed by atoms with Gasteiger partial charge in [-0.05, 0) is 23.1 Å². The van der Waals surface area contributed by atoms with Crippen LogP contribution in [0.4, 0.5) is 4.39 Å². The minimum atomic E-state index is -0.218. The molecule has 0 heterocycles. The number of hydrogen-bond acceptors (Lipinski definition) is 1. The lowest BCUT2D eigenvalue weighted by Gasteiger charge is -2.27. The van der Waals surface area contributed by atoms with E-state index in [1.54, 1.807) is 12.1 Å². The van der Waals surface area contributed by atoms with Crippen LogP contribution in [-0.2, 0) is 0 Å². The quantitative estimate of drug-likeness (QED) is 0.708. The predicted octanol–water partition coefficient (Wildman–Crippen LogP) is 2.87. The monoisotopic (exact) mass is 181 g/mol. The highest BCUT2D eigenvalue weighted by Crippen LogP contribution is 2.30. The molecule has 0 bridgehead atoms. The summed E-state index contributed by atoms with van der Waals surface area (Å²) in [5.74, 6) is -0.218. The molecule has 1 atom stereocenters. The van der Waals surface area contributed by atoms with Gasteiger partial charge in [-0.2, -0.15) is 0 Å². The molecule has 1 aromatic rings. The first-order chi connectivity index (χ1) is 5.91. The van der Waals surface area contributed by atoms with Crippen molar-refractivity contribution in [2.24, 2.45) is 11.1 Å². The van der Waals surface area contributed by atoms with E-state index in [1.165, 1.54) is 12.1 Å². The van der Waals surface area contributed by atoms with Crippen molar-refractivity contribution in [2.45, 2.75) is 26.8 Å². The fourth-order valence-corrected chi connectivity index (χ4v) is 1.17. The zero-order valence-electron chi connectivity index (χ0n) is 8.34. The summed E-state index contributed by atoms with van der Waals surface area (Å²) >= 11 is 0. The Morgan fingerprint density at radius 2 is 1.62 bits per heavy atom. The van der Waals surface area contributed by atoms with Crippen molar-refractivity contribution >= 4 is 0 Å². The van der Waals surface area contributed by atoms with E-state index in [4.69, 9.17) is 5.73 Å². The fraction of sp³-hybridized carbons (Fsp3) is 0.455. The van der Waals surface area contributed by atoms with Crippen molar-refractivity contribution in [3.63, 3.8) is 0 Å². The lowest BCUT2D eigenvalue weighted by molar-refractivity contribution is 0.327. The molecule has 0 saturated carbocycles. The minimum Gasteiger partial charge on any atom is -0.324 e. The van der Waals surface area contributed by atoms with Crippen LogP contribution in [-0.4, -0.2) is 0 Å². The molecule has 1 aromatic carbocycles. The van der Waals surface area contributed by atoms with E-state index in [9.17, 15) is 4.39 Å². The number of rotatable bonds is 1. The van der Waals surface area contributed by atoms with Gasteiger partial charge in [0.25, 0.3) is 0 Å². The van der Waals surface area contributed by atoms with Crippen molar-refractivity contribution in [3.05, 3.63) is 35.6 Å². The highest BCUT2D eigenvalue weighted by molar-refractivity contribution is 5.20. The minimum absolute atomic E-state index is 0.0117. The van der Waals surface area contributed by atoms with E-state index in [0.717, 1.165) is 5.56 Å².